The van der Waals surface area contributed by atoms with Crippen LogP contribution in [0.4, 0.5) is 0 Å². The Balaban J connectivity index is 4.57. The van der Waals surface area contributed by atoms with E-state index in [9.17, 15) is 5.11 Å². The van der Waals surface area contributed by atoms with Gasteiger partial charge in [-0.3, -0.25) is 0 Å². The molecule has 0 aromatic heterocycles. The molecule has 6 N–H and O–H groups in total. The van der Waals surface area contributed by atoms with E-state index < -0.39 is 22.7 Å². The van der Waals surface area contributed by atoms with Crippen LogP contribution in [0.2, 0.25) is 0 Å². The minimum absolute atomic E-state index is 0.292. The number of halogens is 2. The quantitative estimate of drug-likeness (QED) is 0.260. The van der Waals surface area contributed by atoms with Gasteiger partial charge < -0.3 is 30.6 Å². The molecule has 0 aliphatic rings. The van der Waals surface area contributed by atoms with Gasteiger partial charge in [0.05, 0.1) is 0 Å². The average molecular weight is 340 g/mol. The van der Waals surface area contributed by atoms with E-state index >= 15 is 0 Å². The Bertz CT molecular complexity index is 180. The third-order valence-electron chi connectivity index (χ3n) is 1.63. The van der Waals surface area contributed by atoms with Gasteiger partial charge >= 0.3 is 5.97 Å². The standard InChI is InChI=1S/C6H12Br2O6/c7-2-1-3(8)4(9)5(10,11)6(12,13)14/h3-4,9-14H,1-2H2. The van der Waals surface area contributed by atoms with Crippen molar-refractivity contribution in [2.24, 2.45) is 0 Å². The van der Waals surface area contributed by atoms with Gasteiger partial charge in [-0.1, -0.05) is 31.9 Å². The third kappa shape index (κ3) is 3.38. The molecular formula is C6H12Br2O6. The summed E-state index contributed by atoms with van der Waals surface area (Å²) >= 11 is 5.94. The first kappa shape index (κ1) is 14.7. The van der Waals surface area contributed by atoms with Crippen molar-refractivity contribution in [2.75, 3.05) is 5.33 Å². The minimum atomic E-state index is -3.79. The molecule has 2 atom stereocenters. The monoisotopic (exact) mass is 338 g/mol. The zero-order valence-electron chi connectivity index (χ0n) is 7.01. The summed E-state index contributed by atoms with van der Waals surface area (Å²) < 4.78 is 0. The summed E-state index contributed by atoms with van der Waals surface area (Å²) in [6, 6.07) is 0. The van der Waals surface area contributed by atoms with Crippen LogP contribution < -0.4 is 0 Å². The molecule has 0 aliphatic heterocycles. The first-order valence-electron chi connectivity index (χ1n) is 3.64. The second kappa shape index (κ2) is 5.17. The first-order chi connectivity index (χ1) is 6.14. The Morgan fingerprint density at radius 1 is 1.07 bits per heavy atom. The number of aliphatic hydroxyl groups is 6. The summed E-state index contributed by atoms with van der Waals surface area (Å²) in [5, 5.41) is 53.4. The van der Waals surface area contributed by atoms with Crippen molar-refractivity contribution >= 4 is 31.9 Å². The van der Waals surface area contributed by atoms with Crippen molar-refractivity contribution in [3.63, 3.8) is 0 Å². The summed E-state index contributed by atoms with van der Waals surface area (Å²) in [7, 11) is 0. The molecular weight excluding hydrogens is 328 g/mol. The van der Waals surface area contributed by atoms with Crippen LogP contribution in [-0.2, 0) is 0 Å². The van der Waals surface area contributed by atoms with Crippen LogP contribution in [0.5, 0.6) is 0 Å². The van der Waals surface area contributed by atoms with Crippen LogP contribution >= 0.6 is 31.9 Å². The molecule has 0 amide bonds. The summed E-state index contributed by atoms with van der Waals surface area (Å²) in [5.41, 5.74) is 0. The van der Waals surface area contributed by atoms with E-state index in [0.717, 1.165) is 0 Å². The van der Waals surface area contributed by atoms with Crippen LogP contribution in [0.25, 0.3) is 0 Å². The molecule has 0 rings (SSSR count). The van der Waals surface area contributed by atoms with Crippen molar-refractivity contribution in [3.05, 3.63) is 0 Å². The third-order valence-corrected chi connectivity index (χ3v) is 3.05. The summed E-state index contributed by atoms with van der Waals surface area (Å²) in [5.74, 6) is -7.21. The van der Waals surface area contributed by atoms with Gasteiger partial charge in [-0.2, -0.15) is 0 Å². The highest BCUT2D eigenvalue weighted by Crippen LogP contribution is 2.26. The number of hydrogen-bond donors (Lipinski definition) is 6. The molecule has 0 aliphatic carbocycles. The Morgan fingerprint density at radius 3 is 1.79 bits per heavy atom. The molecule has 0 heterocycles. The fraction of sp³-hybridized carbons (Fsp3) is 1.00. The highest BCUT2D eigenvalue weighted by atomic mass is 79.9. The number of aliphatic hydroxyl groups excluding tert-OH is 1. The fourth-order valence-electron chi connectivity index (χ4n) is 0.713. The van der Waals surface area contributed by atoms with E-state index in [1.54, 1.807) is 0 Å². The van der Waals surface area contributed by atoms with Gasteiger partial charge in [-0.05, 0) is 6.42 Å². The summed E-state index contributed by atoms with van der Waals surface area (Å²) in [6.07, 6.45) is -1.67. The van der Waals surface area contributed by atoms with Crippen LogP contribution in [0, 0.1) is 0 Å². The molecule has 14 heavy (non-hydrogen) atoms. The summed E-state index contributed by atoms with van der Waals surface area (Å²) in [4.78, 5) is -0.817. The van der Waals surface area contributed by atoms with E-state index in [-0.39, 0.29) is 0 Å². The van der Waals surface area contributed by atoms with Crippen LogP contribution in [0.15, 0.2) is 0 Å². The maximum Gasteiger partial charge on any atom is 0.335 e. The second-order valence-corrected chi connectivity index (χ2v) is 4.77. The van der Waals surface area contributed by atoms with Gasteiger partial charge in [0, 0.05) is 10.2 Å². The molecule has 0 fully saturated rings. The van der Waals surface area contributed by atoms with Crippen molar-refractivity contribution in [3.8, 4) is 0 Å². The topological polar surface area (TPSA) is 121 Å². The number of hydrogen-bond acceptors (Lipinski definition) is 6. The molecule has 8 heteroatoms. The minimum Gasteiger partial charge on any atom is -0.386 e. The maximum atomic E-state index is 9.26. The smallest absolute Gasteiger partial charge is 0.335 e. The molecule has 0 saturated heterocycles. The van der Waals surface area contributed by atoms with Crippen molar-refractivity contribution in [1.29, 1.82) is 0 Å². The van der Waals surface area contributed by atoms with E-state index in [1.807, 2.05) is 0 Å². The SMILES string of the molecule is OC(C(Br)CCBr)C(O)(O)C(O)(O)O. The van der Waals surface area contributed by atoms with Gasteiger partial charge in [-0.15, -0.1) is 0 Å². The lowest BCUT2D eigenvalue weighted by Crippen LogP contribution is -2.63. The molecule has 0 aromatic rings. The fourth-order valence-corrected chi connectivity index (χ4v) is 2.42. The van der Waals surface area contributed by atoms with Gasteiger partial charge in [0.2, 0.25) is 0 Å². The Kier molecular flexibility index (Phi) is 5.44. The normalized spacial score (nSPS) is 18.0. The van der Waals surface area contributed by atoms with Crippen LogP contribution in [0.1, 0.15) is 6.42 Å². The summed E-state index contributed by atoms with van der Waals surface area (Å²) in [6.45, 7) is 0. The predicted molar refractivity (Wildman–Crippen MR) is 53.7 cm³/mol. The highest BCUT2D eigenvalue weighted by Gasteiger charge is 2.54. The molecule has 2 unspecified atom stereocenters. The van der Waals surface area contributed by atoms with Gasteiger partial charge in [-0.25, -0.2) is 0 Å². The zero-order valence-corrected chi connectivity index (χ0v) is 10.2. The lowest BCUT2D eigenvalue weighted by atomic mass is 10.0. The number of rotatable bonds is 5. The Morgan fingerprint density at radius 2 is 1.50 bits per heavy atom. The van der Waals surface area contributed by atoms with Crippen molar-refractivity contribution < 1.29 is 30.6 Å². The van der Waals surface area contributed by atoms with E-state index in [1.165, 1.54) is 0 Å². The van der Waals surface area contributed by atoms with Crippen molar-refractivity contribution in [2.45, 2.75) is 29.1 Å². The molecule has 0 bridgehead atoms. The zero-order chi connectivity index (χ0) is 11.6. The maximum absolute atomic E-state index is 9.26. The highest BCUT2D eigenvalue weighted by molar-refractivity contribution is 9.10. The lowest BCUT2D eigenvalue weighted by Gasteiger charge is -2.35. The van der Waals surface area contributed by atoms with Crippen molar-refractivity contribution in [1.82, 2.24) is 0 Å². The predicted octanol–water partition coefficient (Wildman–Crippen LogP) is -1.79. The van der Waals surface area contributed by atoms with Gasteiger partial charge in [0.15, 0.2) is 0 Å². The molecule has 6 nitrogen and oxygen atoms in total. The Hall–Kier alpha value is 0.720. The van der Waals surface area contributed by atoms with E-state index in [4.69, 9.17) is 25.5 Å². The molecule has 86 valence electrons. The second-order valence-electron chi connectivity index (χ2n) is 2.80. The van der Waals surface area contributed by atoms with Gasteiger partial charge in [0.25, 0.3) is 5.79 Å². The molecule has 0 saturated carbocycles. The molecule has 0 spiro atoms. The lowest BCUT2D eigenvalue weighted by molar-refractivity contribution is -0.463. The first-order valence-corrected chi connectivity index (χ1v) is 5.68. The molecule has 0 aromatic carbocycles. The van der Waals surface area contributed by atoms with Crippen LogP contribution in [-0.4, -0.2) is 58.7 Å². The van der Waals surface area contributed by atoms with E-state index in [0.29, 0.717) is 11.8 Å². The largest absolute Gasteiger partial charge is 0.386 e. The van der Waals surface area contributed by atoms with Gasteiger partial charge in [0.1, 0.15) is 6.10 Å². The molecule has 0 radical (unpaired) electrons. The number of alkyl halides is 2. The average Bonchev–Trinajstić information content (AvgIpc) is 2.01. The van der Waals surface area contributed by atoms with E-state index in [2.05, 4.69) is 31.9 Å². The van der Waals surface area contributed by atoms with Crippen LogP contribution in [0.3, 0.4) is 0 Å². The Labute approximate surface area is 97.1 Å².